The summed E-state index contributed by atoms with van der Waals surface area (Å²) in [4.78, 5) is 16.9. The molecule has 1 unspecified atom stereocenters. The Labute approximate surface area is 165 Å². The first-order chi connectivity index (χ1) is 13.3. The van der Waals surface area contributed by atoms with Crippen molar-refractivity contribution in [2.45, 2.75) is 24.8 Å². The molecule has 0 aliphatic carbocycles. The van der Waals surface area contributed by atoms with Gasteiger partial charge in [-0.15, -0.1) is 11.8 Å². The van der Waals surface area contributed by atoms with Gasteiger partial charge in [0.1, 0.15) is 17.7 Å². The number of hydrogen-bond acceptors (Lipinski definition) is 4. The topological polar surface area (TPSA) is 32.8 Å². The van der Waals surface area contributed by atoms with E-state index in [2.05, 4.69) is 29.2 Å². The molecule has 1 atom stereocenters. The Kier molecular flexibility index (Phi) is 6.00. The van der Waals surface area contributed by atoms with Crippen molar-refractivity contribution >= 4 is 17.7 Å². The fraction of sp³-hybridized carbons (Fsp3) is 0.409. The Hall–Kier alpha value is -1.98. The summed E-state index contributed by atoms with van der Waals surface area (Å²) in [6.07, 6.45) is 2.57. The van der Waals surface area contributed by atoms with Crippen LogP contribution in [0.15, 0.2) is 54.6 Å². The summed E-state index contributed by atoms with van der Waals surface area (Å²) in [6.45, 7) is 4.68. The second-order valence-electron chi connectivity index (χ2n) is 7.15. The third-order valence-electron chi connectivity index (χ3n) is 5.22. The maximum atomic E-state index is 12.4. The Bertz CT molecular complexity index is 762. The first-order valence-electron chi connectivity index (χ1n) is 9.70. The fourth-order valence-corrected chi connectivity index (χ4v) is 4.93. The zero-order valence-corrected chi connectivity index (χ0v) is 16.4. The summed E-state index contributed by atoms with van der Waals surface area (Å²) in [6, 6.07) is 18.4. The number of hydrogen-bond donors (Lipinski definition) is 0. The molecule has 0 aromatic heterocycles. The summed E-state index contributed by atoms with van der Waals surface area (Å²) in [7, 11) is 0. The predicted molar refractivity (Wildman–Crippen MR) is 110 cm³/mol. The second kappa shape index (κ2) is 8.81. The molecule has 2 heterocycles. The minimum absolute atomic E-state index is 0.0976. The lowest BCUT2D eigenvalue weighted by molar-refractivity contribution is -0.128. The molecule has 142 valence electrons. The van der Waals surface area contributed by atoms with E-state index in [1.165, 1.54) is 25.9 Å². The van der Waals surface area contributed by atoms with E-state index in [0.29, 0.717) is 12.4 Å². The van der Waals surface area contributed by atoms with Gasteiger partial charge in [0.25, 0.3) is 0 Å². The largest absolute Gasteiger partial charge is 0.489 e. The van der Waals surface area contributed by atoms with Gasteiger partial charge in [0.15, 0.2) is 0 Å². The van der Waals surface area contributed by atoms with Gasteiger partial charge in [-0.2, -0.15) is 0 Å². The van der Waals surface area contributed by atoms with Crippen LogP contribution in [0.3, 0.4) is 0 Å². The van der Waals surface area contributed by atoms with Crippen molar-refractivity contribution in [1.29, 1.82) is 0 Å². The SMILES string of the molecule is O=C1CSC(c2cccc(OCc3ccccc3)c2)N1CCN1CCCC1. The van der Waals surface area contributed by atoms with Crippen LogP contribution >= 0.6 is 11.8 Å². The maximum absolute atomic E-state index is 12.4. The lowest BCUT2D eigenvalue weighted by atomic mass is 10.2. The number of nitrogens with zero attached hydrogens (tertiary/aromatic N) is 2. The lowest BCUT2D eigenvalue weighted by Crippen LogP contribution is -2.36. The van der Waals surface area contributed by atoms with Crippen LogP contribution in [0.5, 0.6) is 5.75 Å². The van der Waals surface area contributed by atoms with Crippen LogP contribution in [0.4, 0.5) is 0 Å². The van der Waals surface area contributed by atoms with Gasteiger partial charge in [-0.25, -0.2) is 0 Å². The van der Waals surface area contributed by atoms with Crippen molar-refractivity contribution in [1.82, 2.24) is 9.80 Å². The highest BCUT2D eigenvalue weighted by Crippen LogP contribution is 2.39. The molecule has 2 aromatic carbocycles. The third-order valence-corrected chi connectivity index (χ3v) is 6.47. The average molecular weight is 383 g/mol. The van der Waals surface area contributed by atoms with Gasteiger partial charge in [-0.1, -0.05) is 42.5 Å². The molecule has 0 radical (unpaired) electrons. The van der Waals surface area contributed by atoms with Crippen molar-refractivity contribution in [2.75, 3.05) is 31.9 Å². The monoisotopic (exact) mass is 382 g/mol. The zero-order chi connectivity index (χ0) is 18.5. The van der Waals surface area contributed by atoms with Gasteiger partial charge in [-0.3, -0.25) is 4.79 Å². The van der Waals surface area contributed by atoms with Crippen LogP contribution in [0.1, 0.15) is 29.3 Å². The molecule has 0 N–H and O–H groups in total. The van der Waals surface area contributed by atoms with E-state index in [0.717, 1.165) is 30.0 Å². The van der Waals surface area contributed by atoms with Crippen molar-refractivity contribution in [3.05, 3.63) is 65.7 Å². The van der Waals surface area contributed by atoms with Gasteiger partial charge in [0.05, 0.1) is 5.75 Å². The van der Waals surface area contributed by atoms with Gasteiger partial charge in [-0.05, 0) is 49.2 Å². The van der Waals surface area contributed by atoms with E-state index in [4.69, 9.17) is 4.74 Å². The third kappa shape index (κ3) is 4.66. The van der Waals surface area contributed by atoms with E-state index < -0.39 is 0 Å². The van der Waals surface area contributed by atoms with Crippen LogP contribution in [-0.2, 0) is 11.4 Å². The van der Waals surface area contributed by atoms with Crippen LogP contribution in [0.25, 0.3) is 0 Å². The van der Waals surface area contributed by atoms with E-state index >= 15 is 0 Å². The number of thioether (sulfide) groups is 1. The van der Waals surface area contributed by atoms with Gasteiger partial charge < -0.3 is 14.5 Å². The van der Waals surface area contributed by atoms with E-state index in [9.17, 15) is 4.79 Å². The van der Waals surface area contributed by atoms with Crippen molar-refractivity contribution in [3.8, 4) is 5.75 Å². The molecular formula is C22H26N2O2S. The molecule has 0 spiro atoms. The molecule has 0 bridgehead atoms. The molecule has 0 saturated carbocycles. The van der Waals surface area contributed by atoms with Crippen LogP contribution in [0, 0.1) is 0 Å². The normalized spacial score (nSPS) is 20.4. The summed E-state index contributed by atoms with van der Waals surface area (Å²) < 4.78 is 5.97. The number of likely N-dealkylation sites (tertiary alicyclic amines) is 1. The van der Waals surface area contributed by atoms with Gasteiger partial charge in [0.2, 0.25) is 5.91 Å². The maximum Gasteiger partial charge on any atom is 0.233 e. The minimum Gasteiger partial charge on any atom is -0.489 e. The van der Waals surface area contributed by atoms with E-state index in [1.54, 1.807) is 11.8 Å². The minimum atomic E-state index is 0.0976. The standard InChI is InChI=1S/C22H26N2O2S/c25-21-17-27-22(24(21)14-13-23-11-4-5-12-23)19-9-6-10-20(15-19)26-16-18-7-2-1-3-8-18/h1-3,6-10,15,22H,4-5,11-14,16-17H2. The number of benzene rings is 2. The molecule has 2 aliphatic heterocycles. The molecule has 4 rings (SSSR count). The molecule has 2 saturated heterocycles. The highest BCUT2D eigenvalue weighted by atomic mass is 32.2. The number of ether oxygens (including phenoxy) is 1. The van der Waals surface area contributed by atoms with E-state index in [1.807, 2.05) is 35.2 Å². The molecular weight excluding hydrogens is 356 g/mol. The first-order valence-corrected chi connectivity index (χ1v) is 10.7. The Morgan fingerprint density at radius 2 is 1.81 bits per heavy atom. The summed E-state index contributed by atoms with van der Waals surface area (Å²) in [5.41, 5.74) is 2.30. The summed E-state index contributed by atoms with van der Waals surface area (Å²) in [5, 5.41) is 0.0976. The molecule has 5 heteroatoms. The molecule has 4 nitrogen and oxygen atoms in total. The van der Waals surface area contributed by atoms with Crippen molar-refractivity contribution < 1.29 is 9.53 Å². The van der Waals surface area contributed by atoms with E-state index in [-0.39, 0.29) is 11.3 Å². The molecule has 27 heavy (non-hydrogen) atoms. The number of carbonyl (C=O) groups excluding carboxylic acids is 1. The quantitative estimate of drug-likeness (QED) is 0.726. The number of amides is 1. The molecule has 2 aliphatic rings. The highest BCUT2D eigenvalue weighted by Gasteiger charge is 2.33. The van der Waals surface area contributed by atoms with Gasteiger partial charge >= 0.3 is 0 Å². The van der Waals surface area contributed by atoms with Crippen molar-refractivity contribution in [3.63, 3.8) is 0 Å². The second-order valence-corrected chi connectivity index (χ2v) is 8.21. The van der Waals surface area contributed by atoms with Crippen molar-refractivity contribution in [2.24, 2.45) is 0 Å². The molecule has 1 amide bonds. The lowest BCUT2D eigenvalue weighted by Gasteiger charge is -2.27. The molecule has 2 aromatic rings. The average Bonchev–Trinajstić information content (AvgIpc) is 3.35. The smallest absolute Gasteiger partial charge is 0.233 e. The van der Waals surface area contributed by atoms with Crippen LogP contribution < -0.4 is 4.74 Å². The Morgan fingerprint density at radius 3 is 2.63 bits per heavy atom. The number of carbonyl (C=O) groups is 1. The van der Waals surface area contributed by atoms with Crippen LogP contribution in [0.2, 0.25) is 0 Å². The predicted octanol–water partition coefficient (Wildman–Crippen LogP) is 3.94. The van der Waals surface area contributed by atoms with Gasteiger partial charge in [0, 0.05) is 13.1 Å². The molecule has 2 fully saturated rings. The number of rotatable bonds is 7. The Morgan fingerprint density at radius 1 is 1.00 bits per heavy atom. The summed E-state index contributed by atoms with van der Waals surface area (Å²) in [5.74, 6) is 1.68. The van der Waals surface area contributed by atoms with Crippen LogP contribution in [-0.4, -0.2) is 47.6 Å². The fourth-order valence-electron chi connectivity index (χ4n) is 3.73. The zero-order valence-electron chi connectivity index (χ0n) is 15.5. The summed E-state index contributed by atoms with van der Waals surface area (Å²) >= 11 is 1.72. The highest BCUT2D eigenvalue weighted by molar-refractivity contribution is 8.00. The Balaban J connectivity index is 1.40. The first kappa shape index (κ1) is 18.4.